The fourth-order valence-electron chi connectivity index (χ4n) is 1.70. The van der Waals surface area contributed by atoms with Gasteiger partial charge < -0.3 is 4.74 Å². The minimum Gasteiger partial charge on any atom is -0.494 e. The zero-order valence-corrected chi connectivity index (χ0v) is 11.1. The number of aryl methyl sites for hydroxylation is 2. The van der Waals surface area contributed by atoms with Gasteiger partial charge in [0.15, 0.2) is 0 Å². The van der Waals surface area contributed by atoms with Crippen molar-refractivity contribution in [1.82, 2.24) is 9.78 Å². The highest BCUT2D eigenvalue weighted by atomic mass is 16.5. The number of rotatable bonds is 2. The molecule has 0 bridgehead atoms. The molecule has 0 saturated carbocycles. The molecule has 2 aromatic rings. The third kappa shape index (κ3) is 2.59. The molecule has 0 aliphatic rings. The minimum atomic E-state index is 0.776. The highest BCUT2D eigenvalue weighted by molar-refractivity contribution is 5.84. The third-order valence-electron chi connectivity index (χ3n) is 2.67. The molecule has 0 saturated heterocycles. The van der Waals surface area contributed by atoms with Crippen LogP contribution in [-0.4, -0.2) is 22.7 Å². The van der Waals surface area contributed by atoms with Crippen LogP contribution in [0.5, 0.6) is 5.75 Å². The molecule has 1 aromatic carbocycles. The molecule has 0 aliphatic carbocycles. The van der Waals surface area contributed by atoms with E-state index in [1.54, 1.807) is 11.8 Å². The van der Waals surface area contributed by atoms with Crippen molar-refractivity contribution in [3.8, 4) is 5.75 Å². The van der Waals surface area contributed by atoms with E-state index < -0.39 is 0 Å². The number of hydrogen-bond acceptors (Lipinski definition) is 3. The predicted molar refractivity (Wildman–Crippen MR) is 72.9 cm³/mol. The van der Waals surface area contributed by atoms with Crippen LogP contribution in [0.15, 0.2) is 35.5 Å². The number of aliphatic imine (C=N–C) groups is 1. The first-order valence-corrected chi connectivity index (χ1v) is 5.83. The SMILES string of the molecule is COc1cc(C)ccc1N=C(C)n1ccc(C)n1. The molecule has 0 N–H and O–H groups in total. The summed E-state index contributed by atoms with van der Waals surface area (Å²) in [6.07, 6.45) is 1.90. The maximum absolute atomic E-state index is 5.33. The maximum Gasteiger partial charge on any atom is 0.144 e. The second-order valence-electron chi connectivity index (χ2n) is 4.24. The molecule has 1 aromatic heterocycles. The van der Waals surface area contributed by atoms with Gasteiger partial charge in [-0.1, -0.05) is 6.07 Å². The predicted octanol–water partition coefficient (Wildman–Crippen LogP) is 3.11. The van der Waals surface area contributed by atoms with Crippen LogP contribution in [-0.2, 0) is 0 Å². The normalized spacial score (nSPS) is 11.7. The largest absolute Gasteiger partial charge is 0.494 e. The zero-order valence-electron chi connectivity index (χ0n) is 11.1. The molecular weight excluding hydrogens is 226 g/mol. The van der Waals surface area contributed by atoms with E-state index in [0.717, 1.165) is 28.5 Å². The van der Waals surface area contributed by atoms with Crippen molar-refractivity contribution in [2.45, 2.75) is 20.8 Å². The third-order valence-corrected chi connectivity index (χ3v) is 2.67. The number of aromatic nitrogens is 2. The van der Waals surface area contributed by atoms with Crippen molar-refractivity contribution in [2.24, 2.45) is 4.99 Å². The van der Waals surface area contributed by atoms with Gasteiger partial charge in [0.05, 0.1) is 12.8 Å². The van der Waals surface area contributed by atoms with Crippen molar-refractivity contribution in [1.29, 1.82) is 0 Å². The zero-order chi connectivity index (χ0) is 13.1. The number of ether oxygens (including phenoxy) is 1. The summed E-state index contributed by atoms with van der Waals surface area (Å²) in [5.41, 5.74) is 2.94. The molecule has 94 valence electrons. The average Bonchev–Trinajstić information content (AvgIpc) is 2.78. The van der Waals surface area contributed by atoms with Gasteiger partial charge in [0.2, 0.25) is 0 Å². The van der Waals surface area contributed by atoms with E-state index in [1.807, 2.05) is 51.2 Å². The van der Waals surface area contributed by atoms with Gasteiger partial charge in [-0.3, -0.25) is 0 Å². The van der Waals surface area contributed by atoms with Crippen molar-refractivity contribution >= 4 is 11.5 Å². The molecule has 4 nitrogen and oxygen atoms in total. The van der Waals surface area contributed by atoms with Crippen LogP contribution < -0.4 is 4.74 Å². The van der Waals surface area contributed by atoms with Gasteiger partial charge in [0, 0.05) is 6.20 Å². The quantitative estimate of drug-likeness (QED) is 0.600. The summed E-state index contributed by atoms with van der Waals surface area (Å²) < 4.78 is 7.09. The molecule has 0 aliphatic heterocycles. The first-order chi connectivity index (χ1) is 8.60. The topological polar surface area (TPSA) is 39.4 Å². The first kappa shape index (κ1) is 12.4. The van der Waals surface area contributed by atoms with E-state index in [0.29, 0.717) is 0 Å². The summed E-state index contributed by atoms with van der Waals surface area (Å²) in [4.78, 5) is 4.55. The van der Waals surface area contributed by atoms with Gasteiger partial charge in [-0.15, -0.1) is 0 Å². The Kier molecular flexibility index (Phi) is 3.46. The lowest BCUT2D eigenvalue weighted by atomic mass is 10.2. The van der Waals surface area contributed by atoms with Crippen molar-refractivity contribution in [3.63, 3.8) is 0 Å². The highest BCUT2D eigenvalue weighted by Crippen LogP contribution is 2.28. The van der Waals surface area contributed by atoms with Crippen molar-refractivity contribution in [2.75, 3.05) is 7.11 Å². The number of methoxy groups -OCH3 is 1. The van der Waals surface area contributed by atoms with Crippen LogP contribution in [0.2, 0.25) is 0 Å². The van der Waals surface area contributed by atoms with Gasteiger partial charge >= 0.3 is 0 Å². The summed E-state index contributed by atoms with van der Waals surface area (Å²) in [7, 11) is 1.65. The van der Waals surface area contributed by atoms with Crippen LogP contribution in [0.3, 0.4) is 0 Å². The fraction of sp³-hybridized carbons (Fsp3) is 0.286. The van der Waals surface area contributed by atoms with Crippen LogP contribution in [0, 0.1) is 13.8 Å². The van der Waals surface area contributed by atoms with Crippen molar-refractivity contribution < 1.29 is 4.74 Å². The van der Waals surface area contributed by atoms with E-state index >= 15 is 0 Å². The molecule has 0 radical (unpaired) electrons. The molecular formula is C14H17N3O. The van der Waals surface area contributed by atoms with Crippen LogP contribution in [0.25, 0.3) is 0 Å². The monoisotopic (exact) mass is 243 g/mol. The second-order valence-corrected chi connectivity index (χ2v) is 4.24. The molecule has 18 heavy (non-hydrogen) atoms. The van der Waals surface area contributed by atoms with E-state index in [2.05, 4.69) is 10.1 Å². The van der Waals surface area contributed by atoms with Crippen molar-refractivity contribution in [3.05, 3.63) is 41.7 Å². The Hall–Kier alpha value is -2.10. The molecule has 0 spiro atoms. The molecule has 0 fully saturated rings. The fourth-order valence-corrected chi connectivity index (χ4v) is 1.70. The first-order valence-electron chi connectivity index (χ1n) is 5.83. The lowest BCUT2D eigenvalue weighted by Crippen LogP contribution is -2.07. The smallest absolute Gasteiger partial charge is 0.144 e. The Balaban J connectivity index is 2.38. The maximum atomic E-state index is 5.33. The molecule has 1 heterocycles. The lowest BCUT2D eigenvalue weighted by molar-refractivity contribution is 0.416. The summed E-state index contributed by atoms with van der Waals surface area (Å²) in [5.74, 6) is 1.59. The lowest BCUT2D eigenvalue weighted by Gasteiger charge is -2.07. The molecule has 0 atom stereocenters. The number of nitrogens with zero attached hydrogens (tertiary/aromatic N) is 3. The average molecular weight is 243 g/mol. The number of hydrogen-bond donors (Lipinski definition) is 0. The Bertz CT molecular complexity index is 584. The van der Waals surface area contributed by atoms with E-state index in [1.165, 1.54) is 0 Å². The van der Waals surface area contributed by atoms with Gasteiger partial charge in [-0.2, -0.15) is 5.10 Å². The Morgan fingerprint density at radius 1 is 1.28 bits per heavy atom. The Morgan fingerprint density at radius 3 is 2.67 bits per heavy atom. The van der Waals surface area contributed by atoms with Gasteiger partial charge in [0.25, 0.3) is 0 Å². The number of benzene rings is 1. The summed E-state index contributed by atoms with van der Waals surface area (Å²) in [5, 5.41) is 4.32. The molecule has 0 amide bonds. The van der Waals surface area contributed by atoms with Crippen LogP contribution in [0.1, 0.15) is 18.2 Å². The van der Waals surface area contributed by atoms with E-state index in [9.17, 15) is 0 Å². The van der Waals surface area contributed by atoms with Crippen LogP contribution >= 0.6 is 0 Å². The highest BCUT2D eigenvalue weighted by Gasteiger charge is 2.04. The molecule has 0 unspecified atom stereocenters. The summed E-state index contributed by atoms with van der Waals surface area (Å²) in [6, 6.07) is 7.89. The molecule has 4 heteroatoms. The Morgan fingerprint density at radius 2 is 2.06 bits per heavy atom. The van der Waals surface area contributed by atoms with Crippen LogP contribution in [0.4, 0.5) is 5.69 Å². The Labute approximate surface area is 107 Å². The van der Waals surface area contributed by atoms with E-state index in [4.69, 9.17) is 4.74 Å². The summed E-state index contributed by atoms with van der Waals surface area (Å²) >= 11 is 0. The second kappa shape index (κ2) is 5.04. The van der Waals surface area contributed by atoms with E-state index in [-0.39, 0.29) is 0 Å². The summed E-state index contributed by atoms with van der Waals surface area (Å²) in [6.45, 7) is 5.90. The standard InChI is InChI=1S/C14H17N3O/c1-10-5-6-13(14(9-10)18-4)15-12(3)17-8-7-11(2)16-17/h5-9H,1-4H3. The van der Waals surface area contributed by atoms with Gasteiger partial charge in [0.1, 0.15) is 17.3 Å². The van der Waals surface area contributed by atoms with Gasteiger partial charge in [-0.05, 0) is 44.5 Å². The minimum absolute atomic E-state index is 0.776. The molecule has 2 rings (SSSR count). The van der Waals surface area contributed by atoms with Gasteiger partial charge in [-0.25, -0.2) is 9.67 Å².